The van der Waals surface area contributed by atoms with Gasteiger partial charge in [-0.25, -0.2) is 4.98 Å². The third kappa shape index (κ3) is 5.81. The van der Waals surface area contributed by atoms with E-state index in [9.17, 15) is 9.59 Å². The Morgan fingerprint density at radius 1 is 1.23 bits per heavy atom. The standard InChI is InChI=1S/C20H25N3O2S/c1-4-9-16-17(5-2)26-20(22-16)23-19(25)14(3)21-18(24)13-12-15-10-7-6-8-11-15/h6-8,10-14H,4-5,9H2,1-3H3,(H,21,24)(H,22,23,25). The van der Waals surface area contributed by atoms with Crippen LogP contribution in [0.2, 0.25) is 0 Å². The summed E-state index contributed by atoms with van der Waals surface area (Å²) in [6, 6.07) is 8.88. The molecule has 2 amide bonds. The molecule has 0 aliphatic heterocycles. The number of carbonyl (C=O) groups excluding carboxylic acids is 2. The topological polar surface area (TPSA) is 71.1 Å². The quantitative estimate of drug-likeness (QED) is 0.693. The minimum Gasteiger partial charge on any atom is -0.341 e. The summed E-state index contributed by atoms with van der Waals surface area (Å²) in [5.74, 6) is -0.581. The summed E-state index contributed by atoms with van der Waals surface area (Å²) < 4.78 is 0. The Hall–Kier alpha value is -2.47. The average Bonchev–Trinajstić information content (AvgIpc) is 3.02. The van der Waals surface area contributed by atoms with E-state index in [1.165, 1.54) is 22.3 Å². The van der Waals surface area contributed by atoms with Crippen LogP contribution in [-0.2, 0) is 22.4 Å². The first kappa shape index (κ1) is 19.8. The summed E-state index contributed by atoms with van der Waals surface area (Å²) in [6.45, 7) is 5.85. The molecule has 0 radical (unpaired) electrons. The van der Waals surface area contributed by atoms with Gasteiger partial charge in [0.05, 0.1) is 5.69 Å². The molecular formula is C20H25N3O2S. The summed E-state index contributed by atoms with van der Waals surface area (Å²) >= 11 is 1.50. The van der Waals surface area contributed by atoms with Crippen molar-refractivity contribution in [1.82, 2.24) is 10.3 Å². The second-order valence-corrected chi connectivity index (χ2v) is 7.04. The molecule has 0 aliphatic carbocycles. The van der Waals surface area contributed by atoms with Crippen molar-refractivity contribution >= 4 is 34.4 Å². The maximum atomic E-state index is 12.3. The predicted octanol–water partition coefficient (Wildman–Crippen LogP) is 3.81. The number of rotatable bonds is 8. The van der Waals surface area contributed by atoms with E-state index in [2.05, 4.69) is 29.5 Å². The predicted molar refractivity (Wildman–Crippen MR) is 107 cm³/mol. The third-order valence-corrected chi connectivity index (χ3v) is 4.95. The Kier molecular flexibility index (Phi) is 7.53. The van der Waals surface area contributed by atoms with Gasteiger partial charge in [-0.3, -0.25) is 9.59 Å². The lowest BCUT2D eigenvalue weighted by Gasteiger charge is -2.11. The van der Waals surface area contributed by atoms with Gasteiger partial charge in [0.15, 0.2) is 5.13 Å². The molecule has 0 fully saturated rings. The van der Waals surface area contributed by atoms with Gasteiger partial charge in [0.2, 0.25) is 11.8 Å². The van der Waals surface area contributed by atoms with Crippen LogP contribution < -0.4 is 10.6 Å². The van der Waals surface area contributed by atoms with Crippen LogP contribution in [0.3, 0.4) is 0 Å². The number of nitrogens with zero attached hydrogens (tertiary/aromatic N) is 1. The number of aryl methyl sites for hydroxylation is 2. The highest BCUT2D eigenvalue weighted by Gasteiger charge is 2.17. The lowest BCUT2D eigenvalue weighted by atomic mass is 10.2. The number of benzene rings is 1. The van der Waals surface area contributed by atoms with E-state index in [1.807, 2.05) is 30.3 Å². The lowest BCUT2D eigenvalue weighted by molar-refractivity contribution is -0.123. The Bertz CT molecular complexity index is 769. The van der Waals surface area contributed by atoms with Gasteiger partial charge in [-0.05, 0) is 31.4 Å². The van der Waals surface area contributed by atoms with E-state index in [0.29, 0.717) is 5.13 Å². The molecule has 2 N–H and O–H groups in total. The van der Waals surface area contributed by atoms with Gasteiger partial charge in [0.1, 0.15) is 6.04 Å². The molecular weight excluding hydrogens is 346 g/mol. The number of carbonyl (C=O) groups is 2. The number of hydrogen-bond acceptors (Lipinski definition) is 4. The molecule has 0 aliphatic rings. The van der Waals surface area contributed by atoms with Crippen molar-refractivity contribution in [2.75, 3.05) is 5.32 Å². The highest BCUT2D eigenvalue weighted by Crippen LogP contribution is 2.24. The third-order valence-electron chi connectivity index (χ3n) is 3.80. The van der Waals surface area contributed by atoms with Crippen molar-refractivity contribution in [1.29, 1.82) is 0 Å². The van der Waals surface area contributed by atoms with Crippen LogP contribution in [-0.4, -0.2) is 22.8 Å². The van der Waals surface area contributed by atoms with Gasteiger partial charge in [0.25, 0.3) is 0 Å². The molecule has 2 rings (SSSR count). The molecule has 0 saturated carbocycles. The number of hydrogen-bond donors (Lipinski definition) is 2. The second kappa shape index (κ2) is 9.87. The minimum absolute atomic E-state index is 0.272. The van der Waals surface area contributed by atoms with Crippen molar-refractivity contribution in [2.45, 2.75) is 46.1 Å². The number of thiazole rings is 1. The van der Waals surface area contributed by atoms with Crippen LogP contribution in [0.25, 0.3) is 6.08 Å². The fourth-order valence-corrected chi connectivity index (χ4v) is 3.37. The van der Waals surface area contributed by atoms with Gasteiger partial charge in [-0.1, -0.05) is 50.6 Å². The Morgan fingerprint density at radius 3 is 2.62 bits per heavy atom. The molecule has 0 bridgehead atoms. The van der Waals surface area contributed by atoms with Gasteiger partial charge < -0.3 is 10.6 Å². The molecule has 6 heteroatoms. The van der Waals surface area contributed by atoms with Crippen LogP contribution in [0.15, 0.2) is 36.4 Å². The molecule has 1 heterocycles. The highest BCUT2D eigenvalue weighted by molar-refractivity contribution is 7.15. The van der Waals surface area contributed by atoms with E-state index in [-0.39, 0.29) is 11.8 Å². The van der Waals surface area contributed by atoms with Crippen molar-refractivity contribution in [3.8, 4) is 0 Å². The molecule has 1 aromatic carbocycles. The number of anilines is 1. The average molecular weight is 372 g/mol. The molecule has 0 saturated heterocycles. The summed E-state index contributed by atoms with van der Waals surface area (Å²) in [7, 11) is 0. The first-order valence-electron chi connectivity index (χ1n) is 8.86. The number of aromatic nitrogens is 1. The molecule has 1 unspecified atom stereocenters. The van der Waals surface area contributed by atoms with Crippen molar-refractivity contribution in [3.05, 3.63) is 52.5 Å². The SMILES string of the molecule is CCCc1nc(NC(=O)C(C)NC(=O)C=Cc2ccccc2)sc1CC. The van der Waals surface area contributed by atoms with E-state index >= 15 is 0 Å². The summed E-state index contributed by atoms with van der Waals surface area (Å²) in [5, 5.41) is 6.07. The monoisotopic (exact) mass is 371 g/mol. The van der Waals surface area contributed by atoms with Crippen LogP contribution in [0, 0.1) is 0 Å². The van der Waals surface area contributed by atoms with Crippen LogP contribution >= 0.6 is 11.3 Å². The Labute approximate surface area is 158 Å². The molecule has 1 atom stereocenters. The zero-order chi connectivity index (χ0) is 18.9. The molecule has 138 valence electrons. The Morgan fingerprint density at radius 2 is 1.96 bits per heavy atom. The summed E-state index contributed by atoms with van der Waals surface area (Å²) in [5.41, 5.74) is 1.98. The van der Waals surface area contributed by atoms with Gasteiger partial charge in [-0.2, -0.15) is 0 Å². The summed E-state index contributed by atoms with van der Waals surface area (Å²) in [4.78, 5) is 30.0. The van der Waals surface area contributed by atoms with Crippen LogP contribution in [0.5, 0.6) is 0 Å². The fourth-order valence-electron chi connectivity index (χ4n) is 2.42. The molecule has 1 aromatic heterocycles. The van der Waals surface area contributed by atoms with Gasteiger partial charge >= 0.3 is 0 Å². The zero-order valence-corrected chi connectivity index (χ0v) is 16.2. The van der Waals surface area contributed by atoms with E-state index in [1.54, 1.807) is 13.0 Å². The van der Waals surface area contributed by atoms with E-state index < -0.39 is 6.04 Å². The Balaban J connectivity index is 1.91. The van der Waals surface area contributed by atoms with Gasteiger partial charge in [0, 0.05) is 11.0 Å². The zero-order valence-electron chi connectivity index (χ0n) is 15.4. The normalized spacial score (nSPS) is 12.1. The molecule has 5 nitrogen and oxygen atoms in total. The highest BCUT2D eigenvalue weighted by atomic mass is 32.1. The number of nitrogens with one attached hydrogen (secondary N) is 2. The molecule has 2 aromatic rings. The maximum Gasteiger partial charge on any atom is 0.248 e. The number of amides is 2. The molecule has 0 spiro atoms. The van der Waals surface area contributed by atoms with Crippen molar-refractivity contribution in [2.24, 2.45) is 0 Å². The lowest BCUT2D eigenvalue weighted by Crippen LogP contribution is -2.40. The second-order valence-electron chi connectivity index (χ2n) is 5.96. The summed E-state index contributed by atoms with van der Waals surface area (Å²) in [6.07, 6.45) is 5.97. The minimum atomic E-state index is -0.647. The smallest absolute Gasteiger partial charge is 0.248 e. The van der Waals surface area contributed by atoms with Crippen LogP contribution in [0.1, 0.15) is 43.3 Å². The first-order valence-corrected chi connectivity index (χ1v) is 9.68. The van der Waals surface area contributed by atoms with Crippen molar-refractivity contribution < 1.29 is 9.59 Å². The maximum absolute atomic E-state index is 12.3. The van der Waals surface area contributed by atoms with E-state index in [0.717, 1.165) is 30.5 Å². The first-order chi connectivity index (χ1) is 12.5. The van der Waals surface area contributed by atoms with E-state index in [4.69, 9.17) is 0 Å². The largest absolute Gasteiger partial charge is 0.341 e. The van der Waals surface area contributed by atoms with Crippen LogP contribution in [0.4, 0.5) is 5.13 Å². The van der Waals surface area contributed by atoms with Crippen molar-refractivity contribution in [3.63, 3.8) is 0 Å². The molecule has 26 heavy (non-hydrogen) atoms. The van der Waals surface area contributed by atoms with Gasteiger partial charge in [-0.15, -0.1) is 11.3 Å². The fraction of sp³-hybridized carbons (Fsp3) is 0.350.